The molecule has 0 aliphatic carbocycles. The number of rotatable bonds is 8. The van der Waals surface area contributed by atoms with Gasteiger partial charge in [0.1, 0.15) is 0 Å². The number of carbonyl (C=O) groups excluding carboxylic acids is 2. The van der Waals surface area contributed by atoms with E-state index in [9.17, 15) is 9.59 Å². The first-order valence-electron chi connectivity index (χ1n) is 5.26. The van der Waals surface area contributed by atoms with Gasteiger partial charge < -0.3 is 10.6 Å². The first-order valence-corrected chi connectivity index (χ1v) is 5.26. The number of hydrogen-bond donors (Lipinski definition) is 2. The third kappa shape index (κ3) is 6.94. The molecular weight excluding hydrogens is 192 g/mol. The fourth-order valence-electron chi connectivity index (χ4n) is 1.44. The molecule has 2 N–H and O–H groups in total. The summed E-state index contributed by atoms with van der Waals surface area (Å²) in [6, 6.07) is 0. The summed E-state index contributed by atoms with van der Waals surface area (Å²) in [5, 5.41) is 5.54. The fourth-order valence-corrected chi connectivity index (χ4v) is 1.44. The summed E-state index contributed by atoms with van der Waals surface area (Å²) in [5.74, 6) is 0. The molecule has 4 nitrogen and oxygen atoms in total. The number of carbonyl (C=O) groups is 2. The Bertz CT molecular complexity index is 191. The summed E-state index contributed by atoms with van der Waals surface area (Å²) < 4.78 is 0. The number of amides is 2. The van der Waals surface area contributed by atoms with E-state index in [1.165, 1.54) is 0 Å². The average molecular weight is 214 g/mol. The Morgan fingerprint density at radius 1 is 0.867 bits per heavy atom. The molecule has 0 aromatic carbocycles. The number of nitrogens with one attached hydrogen (secondary N) is 2. The minimum absolute atomic E-state index is 0.168. The van der Waals surface area contributed by atoms with E-state index in [-0.39, 0.29) is 11.1 Å². The van der Waals surface area contributed by atoms with Crippen molar-refractivity contribution in [1.29, 1.82) is 0 Å². The van der Waals surface area contributed by atoms with Crippen LogP contribution in [-0.4, -0.2) is 23.9 Å². The molecule has 0 saturated carbocycles. The smallest absolute Gasteiger partial charge is 0.207 e. The van der Waals surface area contributed by atoms with Crippen LogP contribution in [0.5, 0.6) is 0 Å². The Labute approximate surface area is 91.8 Å². The van der Waals surface area contributed by atoms with Crippen LogP contribution in [0.25, 0.3) is 0 Å². The van der Waals surface area contributed by atoms with E-state index in [4.69, 9.17) is 0 Å². The Balaban J connectivity index is 3.87. The zero-order chi connectivity index (χ0) is 11.9. The molecule has 2 amide bonds. The van der Waals surface area contributed by atoms with Crippen LogP contribution in [0.1, 0.15) is 47.0 Å². The fraction of sp³-hybridized carbons (Fsp3) is 0.818. The lowest BCUT2D eigenvalue weighted by Gasteiger charge is -2.28. The predicted molar refractivity (Wildman–Crippen MR) is 60.4 cm³/mol. The van der Waals surface area contributed by atoms with Crippen LogP contribution in [0, 0.1) is 0 Å². The van der Waals surface area contributed by atoms with Crippen molar-refractivity contribution in [3.8, 4) is 0 Å². The Kier molecular flexibility index (Phi) is 5.33. The van der Waals surface area contributed by atoms with E-state index < -0.39 is 0 Å². The predicted octanol–water partition coefficient (Wildman–Crippen LogP) is 1.21. The van der Waals surface area contributed by atoms with E-state index in [1.54, 1.807) is 0 Å². The van der Waals surface area contributed by atoms with Crippen LogP contribution in [0.15, 0.2) is 0 Å². The standard InChI is InChI=1S/C11H22N2O2/c1-10(2,12-8-14)6-5-7-11(3,4)13-9-15/h8-9H,5-7H2,1-4H3,(H,12,14)(H,13,15). The van der Waals surface area contributed by atoms with Gasteiger partial charge in [0, 0.05) is 11.1 Å². The van der Waals surface area contributed by atoms with Crippen LogP contribution in [0.4, 0.5) is 0 Å². The second-order valence-electron chi connectivity index (χ2n) is 5.15. The summed E-state index contributed by atoms with van der Waals surface area (Å²) in [5.41, 5.74) is -0.335. The molecule has 0 fully saturated rings. The highest BCUT2D eigenvalue weighted by atomic mass is 16.1. The quantitative estimate of drug-likeness (QED) is 0.597. The van der Waals surface area contributed by atoms with Crippen molar-refractivity contribution in [2.75, 3.05) is 0 Å². The molecule has 0 atom stereocenters. The van der Waals surface area contributed by atoms with Gasteiger partial charge in [0.25, 0.3) is 0 Å². The minimum Gasteiger partial charge on any atom is -0.354 e. The van der Waals surface area contributed by atoms with Crippen LogP contribution in [-0.2, 0) is 9.59 Å². The van der Waals surface area contributed by atoms with Crippen LogP contribution in [0.3, 0.4) is 0 Å². The molecule has 0 radical (unpaired) electrons. The number of hydrogen-bond acceptors (Lipinski definition) is 2. The lowest BCUT2D eigenvalue weighted by atomic mass is 9.91. The van der Waals surface area contributed by atoms with E-state index in [2.05, 4.69) is 10.6 Å². The van der Waals surface area contributed by atoms with Gasteiger partial charge in [-0.3, -0.25) is 9.59 Å². The highest BCUT2D eigenvalue weighted by molar-refractivity contribution is 5.48. The summed E-state index contributed by atoms with van der Waals surface area (Å²) in [4.78, 5) is 20.6. The zero-order valence-electron chi connectivity index (χ0n) is 10.1. The third-order valence-electron chi connectivity index (χ3n) is 2.50. The summed E-state index contributed by atoms with van der Waals surface area (Å²) in [7, 11) is 0. The van der Waals surface area contributed by atoms with Crippen LogP contribution >= 0.6 is 0 Å². The van der Waals surface area contributed by atoms with Gasteiger partial charge in [0.05, 0.1) is 0 Å². The van der Waals surface area contributed by atoms with Crippen molar-refractivity contribution in [2.24, 2.45) is 0 Å². The molecule has 0 saturated heterocycles. The monoisotopic (exact) mass is 214 g/mol. The van der Waals surface area contributed by atoms with Gasteiger partial charge in [-0.05, 0) is 47.0 Å². The third-order valence-corrected chi connectivity index (χ3v) is 2.50. The highest BCUT2D eigenvalue weighted by Crippen LogP contribution is 2.17. The molecule has 0 heterocycles. The lowest BCUT2D eigenvalue weighted by Crippen LogP contribution is -2.41. The van der Waals surface area contributed by atoms with Gasteiger partial charge >= 0.3 is 0 Å². The maximum Gasteiger partial charge on any atom is 0.207 e. The summed E-state index contributed by atoms with van der Waals surface area (Å²) in [6.45, 7) is 7.95. The van der Waals surface area contributed by atoms with Crippen molar-refractivity contribution in [1.82, 2.24) is 10.6 Å². The van der Waals surface area contributed by atoms with Crippen molar-refractivity contribution in [2.45, 2.75) is 58.0 Å². The van der Waals surface area contributed by atoms with E-state index in [0.29, 0.717) is 0 Å². The van der Waals surface area contributed by atoms with Gasteiger partial charge in [-0.25, -0.2) is 0 Å². The van der Waals surface area contributed by atoms with E-state index in [0.717, 1.165) is 32.1 Å². The molecule has 0 aliphatic heterocycles. The molecule has 0 spiro atoms. The molecule has 0 aliphatic rings. The van der Waals surface area contributed by atoms with Gasteiger partial charge in [0.2, 0.25) is 12.8 Å². The van der Waals surface area contributed by atoms with E-state index in [1.807, 2.05) is 27.7 Å². The first kappa shape index (κ1) is 13.9. The SMILES string of the molecule is CC(C)(CCCC(C)(C)NC=O)NC=O. The molecule has 0 aromatic heterocycles. The van der Waals surface area contributed by atoms with Crippen molar-refractivity contribution in [3.63, 3.8) is 0 Å². The second-order valence-corrected chi connectivity index (χ2v) is 5.15. The second kappa shape index (κ2) is 5.73. The minimum atomic E-state index is -0.168. The van der Waals surface area contributed by atoms with Gasteiger partial charge in [-0.15, -0.1) is 0 Å². The largest absolute Gasteiger partial charge is 0.354 e. The lowest BCUT2D eigenvalue weighted by molar-refractivity contribution is -0.111. The van der Waals surface area contributed by atoms with Gasteiger partial charge in [-0.1, -0.05) is 0 Å². The molecule has 4 heteroatoms. The maximum absolute atomic E-state index is 10.3. The van der Waals surface area contributed by atoms with Crippen molar-refractivity contribution >= 4 is 12.8 Å². The Morgan fingerprint density at radius 2 is 1.20 bits per heavy atom. The molecule has 0 rings (SSSR count). The average Bonchev–Trinajstić information content (AvgIpc) is 2.02. The van der Waals surface area contributed by atoms with Crippen molar-refractivity contribution in [3.05, 3.63) is 0 Å². The molecule has 0 unspecified atom stereocenters. The van der Waals surface area contributed by atoms with Gasteiger partial charge in [-0.2, -0.15) is 0 Å². The Morgan fingerprint density at radius 3 is 1.47 bits per heavy atom. The zero-order valence-corrected chi connectivity index (χ0v) is 10.1. The van der Waals surface area contributed by atoms with Crippen LogP contribution < -0.4 is 10.6 Å². The highest BCUT2D eigenvalue weighted by Gasteiger charge is 2.20. The molecule has 0 bridgehead atoms. The Hall–Kier alpha value is -1.06. The van der Waals surface area contributed by atoms with Crippen molar-refractivity contribution < 1.29 is 9.59 Å². The molecule has 15 heavy (non-hydrogen) atoms. The normalized spacial score (nSPS) is 12.0. The molecule has 0 aromatic rings. The summed E-state index contributed by atoms with van der Waals surface area (Å²) >= 11 is 0. The molecule has 88 valence electrons. The van der Waals surface area contributed by atoms with Gasteiger partial charge in [0.15, 0.2) is 0 Å². The molecular formula is C11H22N2O2. The van der Waals surface area contributed by atoms with E-state index >= 15 is 0 Å². The topological polar surface area (TPSA) is 58.2 Å². The van der Waals surface area contributed by atoms with Crippen LogP contribution in [0.2, 0.25) is 0 Å². The summed E-state index contributed by atoms with van der Waals surface area (Å²) in [6.07, 6.45) is 4.22. The maximum atomic E-state index is 10.3. The first-order chi connectivity index (χ1) is 6.83.